The molecule has 7 heteroatoms. The highest BCUT2D eigenvalue weighted by atomic mass is 16.6. The first-order chi connectivity index (χ1) is 12.1. The van der Waals surface area contributed by atoms with Gasteiger partial charge in [0.1, 0.15) is 0 Å². The fourth-order valence-corrected chi connectivity index (χ4v) is 3.26. The van der Waals surface area contributed by atoms with Crippen molar-refractivity contribution in [1.82, 2.24) is 4.98 Å². The van der Waals surface area contributed by atoms with Crippen LogP contribution in [0.4, 0.5) is 11.5 Å². The molecule has 0 unspecified atom stereocenters. The lowest BCUT2D eigenvalue weighted by atomic mass is 9.87. The molecule has 1 aromatic heterocycles. The number of ether oxygens (including phenoxy) is 1. The number of aliphatic hydroxyl groups is 1. The number of nitrogens with zero attached hydrogens (tertiary/aromatic N) is 3. The van der Waals surface area contributed by atoms with Crippen LogP contribution in [0.3, 0.4) is 0 Å². The van der Waals surface area contributed by atoms with Crippen LogP contribution in [0, 0.1) is 16.0 Å². The zero-order valence-electron chi connectivity index (χ0n) is 14.0. The maximum atomic E-state index is 11.3. The summed E-state index contributed by atoms with van der Waals surface area (Å²) in [6.45, 7) is 1.21. The summed E-state index contributed by atoms with van der Waals surface area (Å²) in [6, 6.07) is 12.5. The monoisotopic (exact) mass is 343 g/mol. The summed E-state index contributed by atoms with van der Waals surface area (Å²) in [5.41, 5.74) is 0.884. The van der Waals surface area contributed by atoms with E-state index in [1.54, 1.807) is 0 Å². The Kier molecular flexibility index (Phi) is 5.14. The average Bonchev–Trinajstić information content (AvgIpc) is 2.67. The highest BCUT2D eigenvalue weighted by Gasteiger charge is 2.30. The first-order valence-electron chi connectivity index (χ1n) is 8.27. The highest BCUT2D eigenvalue weighted by Crippen LogP contribution is 2.35. The molecule has 7 nitrogen and oxygen atoms in total. The summed E-state index contributed by atoms with van der Waals surface area (Å²) in [5.74, 6) is 0.812. The van der Waals surface area contributed by atoms with Gasteiger partial charge in [0.15, 0.2) is 0 Å². The minimum absolute atomic E-state index is 0.0251. The van der Waals surface area contributed by atoms with Crippen LogP contribution in [0.5, 0.6) is 5.88 Å². The number of aliphatic hydroxyl groups excluding tert-OH is 1. The Labute approximate surface area is 146 Å². The first-order valence-corrected chi connectivity index (χ1v) is 8.27. The predicted molar refractivity (Wildman–Crippen MR) is 93.8 cm³/mol. The molecular weight excluding hydrogens is 322 g/mol. The van der Waals surface area contributed by atoms with Crippen molar-refractivity contribution in [3.63, 3.8) is 0 Å². The van der Waals surface area contributed by atoms with Gasteiger partial charge in [-0.2, -0.15) is 4.98 Å². The van der Waals surface area contributed by atoms with Crippen molar-refractivity contribution in [3.05, 3.63) is 58.1 Å². The Morgan fingerprint density at radius 3 is 2.52 bits per heavy atom. The van der Waals surface area contributed by atoms with Crippen molar-refractivity contribution in [2.24, 2.45) is 5.92 Å². The van der Waals surface area contributed by atoms with Crippen molar-refractivity contribution >= 4 is 11.5 Å². The maximum absolute atomic E-state index is 11.3. The predicted octanol–water partition coefficient (Wildman–Crippen LogP) is 2.95. The summed E-state index contributed by atoms with van der Waals surface area (Å²) in [5, 5.41) is 21.8. The van der Waals surface area contributed by atoms with Gasteiger partial charge in [-0.3, -0.25) is 10.1 Å². The standard InChI is InChI=1S/C18H21N3O4/c1-25-16-8-7-15(21(23)24)18(19-16)20-11-9-14(10-12-20)17(22)13-5-3-2-4-6-13/h2-8,14,17,22H,9-12H2,1H3/t17-/m0/s1. The summed E-state index contributed by atoms with van der Waals surface area (Å²) >= 11 is 0. The topological polar surface area (TPSA) is 88.7 Å². The number of hydrogen-bond acceptors (Lipinski definition) is 6. The van der Waals surface area contributed by atoms with Crippen LogP contribution >= 0.6 is 0 Å². The van der Waals surface area contributed by atoms with E-state index >= 15 is 0 Å². The molecule has 0 radical (unpaired) electrons. The molecule has 0 amide bonds. The molecule has 2 aromatic rings. The van der Waals surface area contributed by atoms with Gasteiger partial charge >= 0.3 is 5.69 Å². The second-order valence-corrected chi connectivity index (χ2v) is 6.13. The van der Waals surface area contributed by atoms with Crippen LogP contribution in [0.25, 0.3) is 0 Å². The maximum Gasteiger partial charge on any atom is 0.311 e. The van der Waals surface area contributed by atoms with E-state index in [2.05, 4.69) is 4.98 Å². The molecule has 132 valence electrons. The number of hydrogen-bond donors (Lipinski definition) is 1. The molecule has 1 fully saturated rings. The summed E-state index contributed by atoms with van der Waals surface area (Å²) in [6.07, 6.45) is 0.967. The van der Waals surface area contributed by atoms with Crippen LogP contribution in [0.15, 0.2) is 42.5 Å². The SMILES string of the molecule is COc1ccc([N+](=O)[O-])c(N2CCC([C@@H](O)c3ccccc3)CC2)n1. The minimum Gasteiger partial charge on any atom is -0.481 e. The Hall–Kier alpha value is -2.67. The molecule has 0 bridgehead atoms. The van der Waals surface area contributed by atoms with E-state index in [0.29, 0.717) is 24.8 Å². The zero-order chi connectivity index (χ0) is 17.8. The van der Waals surface area contributed by atoms with Gasteiger partial charge in [0.05, 0.1) is 18.1 Å². The molecule has 1 N–H and O–H groups in total. The molecule has 1 atom stereocenters. The molecule has 1 saturated heterocycles. The van der Waals surface area contributed by atoms with Crippen molar-refractivity contribution < 1.29 is 14.8 Å². The Morgan fingerprint density at radius 2 is 1.92 bits per heavy atom. The fraction of sp³-hybridized carbons (Fsp3) is 0.389. The van der Waals surface area contributed by atoms with Crippen LogP contribution in [0.2, 0.25) is 0 Å². The van der Waals surface area contributed by atoms with Gasteiger partial charge in [-0.05, 0) is 24.3 Å². The largest absolute Gasteiger partial charge is 0.481 e. The molecule has 0 saturated carbocycles. The molecule has 1 aromatic carbocycles. The van der Waals surface area contributed by atoms with Gasteiger partial charge in [0.25, 0.3) is 0 Å². The van der Waals surface area contributed by atoms with Gasteiger partial charge < -0.3 is 14.7 Å². The Balaban J connectivity index is 1.73. The van der Waals surface area contributed by atoms with Gasteiger partial charge in [0.2, 0.25) is 11.7 Å². The van der Waals surface area contributed by atoms with E-state index in [0.717, 1.165) is 18.4 Å². The Bertz CT molecular complexity index is 730. The quantitative estimate of drug-likeness (QED) is 0.663. The van der Waals surface area contributed by atoms with E-state index in [1.165, 1.54) is 19.2 Å². The third kappa shape index (κ3) is 3.71. The third-order valence-corrected chi connectivity index (χ3v) is 4.66. The van der Waals surface area contributed by atoms with Crippen molar-refractivity contribution in [2.45, 2.75) is 18.9 Å². The van der Waals surface area contributed by atoms with E-state index in [9.17, 15) is 15.2 Å². The van der Waals surface area contributed by atoms with Gasteiger partial charge in [0, 0.05) is 25.2 Å². The smallest absolute Gasteiger partial charge is 0.311 e. The molecule has 0 spiro atoms. The van der Waals surface area contributed by atoms with E-state index in [-0.39, 0.29) is 11.6 Å². The number of benzene rings is 1. The number of methoxy groups -OCH3 is 1. The number of pyridine rings is 1. The second kappa shape index (κ2) is 7.48. The lowest BCUT2D eigenvalue weighted by Gasteiger charge is -2.34. The lowest BCUT2D eigenvalue weighted by Crippen LogP contribution is -2.36. The number of anilines is 1. The zero-order valence-corrected chi connectivity index (χ0v) is 14.0. The number of nitro groups is 1. The van der Waals surface area contributed by atoms with Crippen molar-refractivity contribution in [1.29, 1.82) is 0 Å². The number of rotatable bonds is 5. The lowest BCUT2D eigenvalue weighted by molar-refractivity contribution is -0.384. The van der Waals surface area contributed by atoms with Gasteiger partial charge in [-0.25, -0.2) is 0 Å². The number of aromatic nitrogens is 1. The molecule has 2 heterocycles. The Morgan fingerprint density at radius 1 is 1.24 bits per heavy atom. The molecular formula is C18H21N3O4. The van der Waals surface area contributed by atoms with E-state index in [1.807, 2.05) is 35.2 Å². The second-order valence-electron chi connectivity index (χ2n) is 6.13. The van der Waals surface area contributed by atoms with Crippen molar-refractivity contribution in [2.75, 3.05) is 25.1 Å². The molecule has 25 heavy (non-hydrogen) atoms. The summed E-state index contributed by atoms with van der Waals surface area (Å²) < 4.78 is 5.10. The molecule has 1 aliphatic heterocycles. The van der Waals surface area contributed by atoms with Gasteiger partial charge in [-0.1, -0.05) is 30.3 Å². The minimum atomic E-state index is -0.517. The van der Waals surface area contributed by atoms with Crippen LogP contribution < -0.4 is 9.64 Å². The van der Waals surface area contributed by atoms with Gasteiger partial charge in [-0.15, -0.1) is 0 Å². The summed E-state index contributed by atoms with van der Waals surface area (Å²) in [7, 11) is 1.49. The normalized spacial score (nSPS) is 16.5. The molecule has 3 rings (SSSR count). The van der Waals surface area contributed by atoms with Crippen molar-refractivity contribution in [3.8, 4) is 5.88 Å². The summed E-state index contributed by atoms with van der Waals surface area (Å²) in [4.78, 5) is 17.0. The van der Waals surface area contributed by atoms with Crippen LogP contribution in [0.1, 0.15) is 24.5 Å². The number of piperidine rings is 1. The average molecular weight is 343 g/mol. The third-order valence-electron chi connectivity index (χ3n) is 4.66. The van der Waals surface area contributed by atoms with Crippen LogP contribution in [-0.2, 0) is 0 Å². The molecule has 1 aliphatic rings. The highest BCUT2D eigenvalue weighted by molar-refractivity contribution is 5.59. The van der Waals surface area contributed by atoms with Crippen LogP contribution in [-0.4, -0.2) is 35.2 Å². The molecule has 0 aliphatic carbocycles. The fourth-order valence-electron chi connectivity index (χ4n) is 3.26. The van der Waals surface area contributed by atoms with E-state index < -0.39 is 11.0 Å². The van der Waals surface area contributed by atoms with E-state index in [4.69, 9.17) is 4.74 Å². The first kappa shape index (κ1) is 17.2.